The Morgan fingerprint density at radius 3 is 2.67 bits per heavy atom. The van der Waals surface area contributed by atoms with Crippen LogP contribution in [0.5, 0.6) is 0 Å². The van der Waals surface area contributed by atoms with E-state index in [9.17, 15) is 8.78 Å². The molecular formula is C9H7F2N3O. The van der Waals surface area contributed by atoms with Crippen LogP contribution in [-0.2, 0) is 0 Å². The van der Waals surface area contributed by atoms with Gasteiger partial charge in [-0.1, -0.05) is 5.16 Å². The van der Waals surface area contributed by atoms with Crippen LogP contribution in [0.4, 0.5) is 14.5 Å². The fourth-order valence-corrected chi connectivity index (χ4v) is 1.15. The average molecular weight is 211 g/mol. The monoisotopic (exact) mass is 211 g/mol. The summed E-state index contributed by atoms with van der Waals surface area (Å²) in [6, 6.07) is 2.27. The Kier molecular flexibility index (Phi) is 2.11. The lowest BCUT2D eigenvalue weighted by atomic mass is 10.1. The van der Waals surface area contributed by atoms with Crippen molar-refractivity contribution in [3.8, 4) is 11.4 Å². The van der Waals surface area contributed by atoms with Crippen LogP contribution in [0.15, 0.2) is 16.7 Å². The van der Waals surface area contributed by atoms with Crippen molar-refractivity contribution in [1.29, 1.82) is 0 Å². The van der Waals surface area contributed by atoms with Gasteiger partial charge in [-0.3, -0.25) is 0 Å². The van der Waals surface area contributed by atoms with Crippen LogP contribution < -0.4 is 5.73 Å². The second kappa shape index (κ2) is 3.30. The molecule has 0 spiro atoms. The van der Waals surface area contributed by atoms with Crippen LogP contribution in [0, 0.1) is 18.6 Å². The molecule has 2 aromatic rings. The Morgan fingerprint density at radius 1 is 1.33 bits per heavy atom. The van der Waals surface area contributed by atoms with Gasteiger partial charge in [0.05, 0.1) is 5.56 Å². The first-order valence-corrected chi connectivity index (χ1v) is 4.13. The van der Waals surface area contributed by atoms with Gasteiger partial charge in [-0.15, -0.1) is 0 Å². The van der Waals surface area contributed by atoms with Crippen LogP contribution in [0.2, 0.25) is 0 Å². The number of hydrogen-bond acceptors (Lipinski definition) is 4. The minimum atomic E-state index is -0.879. The van der Waals surface area contributed by atoms with Crippen molar-refractivity contribution >= 4 is 5.69 Å². The number of nitrogens with two attached hydrogens (primary N) is 1. The van der Waals surface area contributed by atoms with Crippen LogP contribution in [-0.4, -0.2) is 10.1 Å². The molecule has 0 saturated carbocycles. The van der Waals surface area contributed by atoms with E-state index in [1.165, 1.54) is 6.07 Å². The topological polar surface area (TPSA) is 64.9 Å². The van der Waals surface area contributed by atoms with E-state index < -0.39 is 17.3 Å². The maximum absolute atomic E-state index is 13.5. The highest BCUT2D eigenvalue weighted by Crippen LogP contribution is 2.25. The maximum Gasteiger partial charge on any atom is 0.223 e. The van der Waals surface area contributed by atoms with E-state index in [2.05, 4.69) is 14.7 Å². The highest BCUT2D eigenvalue weighted by Gasteiger charge is 2.15. The second-order valence-corrected chi connectivity index (χ2v) is 2.96. The van der Waals surface area contributed by atoms with Crippen molar-refractivity contribution in [3.63, 3.8) is 0 Å². The van der Waals surface area contributed by atoms with E-state index in [1.807, 2.05) is 0 Å². The molecule has 0 aliphatic carbocycles. The molecule has 15 heavy (non-hydrogen) atoms. The lowest BCUT2D eigenvalue weighted by molar-refractivity contribution is 0.394. The molecule has 2 N–H and O–H groups in total. The molecule has 0 aliphatic heterocycles. The quantitative estimate of drug-likeness (QED) is 0.731. The molecule has 0 saturated heterocycles. The van der Waals surface area contributed by atoms with Crippen LogP contribution in [0.1, 0.15) is 5.89 Å². The smallest absolute Gasteiger partial charge is 0.223 e. The number of benzene rings is 1. The number of aryl methyl sites for hydroxylation is 1. The van der Waals surface area contributed by atoms with Gasteiger partial charge in [0.1, 0.15) is 11.5 Å². The predicted octanol–water partition coefficient (Wildman–Crippen LogP) is 1.91. The Morgan fingerprint density at radius 2 is 2.07 bits per heavy atom. The first-order valence-electron chi connectivity index (χ1n) is 4.13. The number of nitrogen functional groups attached to an aromatic ring is 1. The molecule has 1 aromatic heterocycles. The highest BCUT2D eigenvalue weighted by molar-refractivity contribution is 5.62. The molecule has 0 amide bonds. The molecular weight excluding hydrogens is 204 g/mol. The third kappa shape index (κ3) is 1.54. The van der Waals surface area contributed by atoms with E-state index in [0.717, 1.165) is 6.07 Å². The SMILES string of the molecule is Cc1nc(-c2ccc(F)c(N)c2F)no1. The average Bonchev–Trinajstić information content (AvgIpc) is 2.61. The largest absolute Gasteiger partial charge is 0.394 e. The molecule has 1 heterocycles. The molecule has 0 unspecified atom stereocenters. The third-order valence-electron chi connectivity index (χ3n) is 1.90. The number of anilines is 1. The Hall–Kier alpha value is -1.98. The molecule has 0 radical (unpaired) electrons. The van der Waals surface area contributed by atoms with Crippen molar-refractivity contribution < 1.29 is 13.3 Å². The van der Waals surface area contributed by atoms with Crippen molar-refractivity contribution in [2.75, 3.05) is 5.73 Å². The minimum absolute atomic E-state index is 0.0192. The van der Waals surface area contributed by atoms with Crippen LogP contribution in [0.25, 0.3) is 11.4 Å². The summed E-state index contributed by atoms with van der Waals surface area (Å²) in [4.78, 5) is 3.82. The minimum Gasteiger partial charge on any atom is -0.394 e. The van der Waals surface area contributed by atoms with Gasteiger partial charge in [-0.05, 0) is 12.1 Å². The molecule has 0 atom stereocenters. The Balaban J connectivity index is 2.59. The van der Waals surface area contributed by atoms with E-state index in [4.69, 9.17) is 5.73 Å². The van der Waals surface area contributed by atoms with E-state index >= 15 is 0 Å². The standard InChI is InChI=1S/C9H7F2N3O/c1-4-13-9(14-15-4)5-2-3-6(10)8(12)7(5)11/h2-3H,12H2,1H3. The van der Waals surface area contributed by atoms with Crippen molar-refractivity contribution in [1.82, 2.24) is 10.1 Å². The van der Waals surface area contributed by atoms with Gasteiger partial charge in [-0.25, -0.2) is 8.78 Å². The van der Waals surface area contributed by atoms with E-state index in [-0.39, 0.29) is 11.4 Å². The van der Waals surface area contributed by atoms with Crippen molar-refractivity contribution in [3.05, 3.63) is 29.7 Å². The molecule has 78 valence electrons. The number of nitrogens with zero attached hydrogens (tertiary/aromatic N) is 2. The van der Waals surface area contributed by atoms with Crippen LogP contribution in [0.3, 0.4) is 0 Å². The fourth-order valence-electron chi connectivity index (χ4n) is 1.15. The Labute approximate surface area is 83.7 Å². The maximum atomic E-state index is 13.5. The number of hydrogen-bond donors (Lipinski definition) is 1. The number of halogens is 2. The first-order chi connectivity index (χ1) is 7.09. The van der Waals surface area contributed by atoms with Gasteiger partial charge < -0.3 is 10.3 Å². The van der Waals surface area contributed by atoms with Gasteiger partial charge >= 0.3 is 0 Å². The molecule has 4 nitrogen and oxygen atoms in total. The summed E-state index contributed by atoms with van der Waals surface area (Å²) in [6.07, 6.45) is 0. The van der Waals surface area contributed by atoms with E-state index in [0.29, 0.717) is 5.89 Å². The highest BCUT2D eigenvalue weighted by atomic mass is 19.1. The van der Waals surface area contributed by atoms with Gasteiger partial charge in [0.2, 0.25) is 11.7 Å². The third-order valence-corrected chi connectivity index (χ3v) is 1.90. The summed E-state index contributed by atoms with van der Waals surface area (Å²) < 4.78 is 31.0. The summed E-state index contributed by atoms with van der Waals surface area (Å²) in [5.74, 6) is -1.34. The molecule has 0 fully saturated rings. The molecule has 0 bridgehead atoms. The molecule has 1 aromatic carbocycles. The van der Waals surface area contributed by atoms with Gasteiger partial charge in [0, 0.05) is 6.92 Å². The number of aromatic nitrogens is 2. The molecule has 6 heteroatoms. The molecule has 2 rings (SSSR count). The summed E-state index contributed by atoms with van der Waals surface area (Å²) in [5, 5.41) is 3.51. The first kappa shape index (κ1) is 9.57. The summed E-state index contributed by atoms with van der Waals surface area (Å²) in [5.41, 5.74) is 4.66. The lowest BCUT2D eigenvalue weighted by Crippen LogP contribution is -1.98. The van der Waals surface area contributed by atoms with E-state index in [1.54, 1.807) is 6.92 Å². The van der Waals surface area contributed by atoms with Crippen LogP contribution >= 0.6 is 0 Å². The zero-order chi connectivity index (χ0) is 11.0. The summed E-state index contributed by atoms with van der Waals surface area (Å²) >= 11 is 0. The zero-order valence-corrected chi connectivity index (χ0v) is 7.79. The fraction of sp³-hybridized carbons (Fsp3) is 0.111. The van der Waals surface area contributed by atoms with Crippen molar-refractivity contribution in [2.24, 2.45) is 0 Å². The lowest BCUT2D eigenvalue weighted by Gasteiger charge is -2.01. The zero-order valence-electron chi connectivity index (χ0n) is 7.79. The number of rotatable bonds is 1. The van der Waals surface area contributed by atoms with Crippen molar-refractivity contribution in [2.45, 2.75) is 6.92 Å². The Bertz CT molecular complexity index is 510. The summed E-state index contributed by atoms with van der Waals surface area (Å²) in [7, 11) is 0. The molecule has 0 aliphatic rings. The van der Waals surface area contributed by atoms with Gasteiger partial charge in [0.25, 0.3) is 0 Å². The second-order valence-electron chi connectivity index (χ2n) is 2.96. The summed E-state index contributed by atoms with van der Waals surface area (Å²) in [6.45, 7) is 1.57. The van der Waals surface area contributed by atoms with Gasteiger partial charge in [-0.2, -0.15) is 4.98 Å². The normalized spacial score (nSPS) is 10.6. The van der Waals surface area contributed by atoms with Gasteiger partial charge in [0.15, 0.2) is 5.82 Å². The predicted molar refractivity (Wildman–Crippen MR) is 48.8 cm³/mol.